The molecular weight excluding hydrogens is 596 g/mol. The van der Waals surface area contributed by atoms with Crippen molar-refractivity contribution in [1.82, 2.24) is 0 Å². The number of carbonyl (C=O) groups excluding carboxylic acids is 1. The van der Waals surface area contributed by atoms with E-state index in [9.17, 15) is 4.79 Å². The molecule has 0 unspecified atom stereocenters. The smallest absolute Gasteiger partial charge is 0.339 e. The van der Waals surface area contributed by atoms with Crippen molar-refractivity contribution in [2.75, 3.05) is 67.1 Å². The number of aliphatic hydroxyl groups excluding tert-OH is 1. The van der Waals surface area contributed by atoms with Crippen LogP contribution in [0.15, 0.2) is 97.1 Å². The fourth-order valence-electron chi connectivity index (χ4n) is 5.88. The number of hydrogen-bond acceptors (Lipinski definition) is 8. The van der Waals surface area contributed by atoms with Crippen LogP contribution in [0.5, 0.6) is 11.5 Å². The molecule has 8 heteroatoms. The van der Waals surface area contributed by atoms with Crippen molar-refractivity contribution in [3.63, 3.8) is 0 Å². The molecule has 0 aliphatic heterocycles. The summed E-state index contributed by atoms with van der Waals surface area (Å²) < 4.78 is 32.9. The van der Waals surface area contributed by atoms with Gasteiger partial charge in [-0.1, -0.05) is 78.9 Å². The number of benzene rings is 4. The lowest BCUT2D eigenvalue weighted by atomic mass is 9.66. The van der Waals surface area contributed by atoms with E-state index in [1.54, 1.807) is 14.2 Å². The van der Waals surface area contributed by atoms with Gasteiger partial charge >= 0.3 is 5.97 Å². The molecule has 0 atom stereocenters. The van der Waals surface area contributed by atoms with Gasteiger partial charge in [0.1, 0.15) is 18.1 Å². The van der Waals surface area contributed by atoms with Gasteiger partial charge in [0.05, 0.1) is 66.0 Å². The molecule has 1 N–H and O–H groups in total. The second kappa shape index (κ2) is 16.9. The largest absolute Gasteiger partial charge is 0.497 e. The minimum atomic E-state index is -0.484. The SMILES string of the molecule is COc1ccc(C2(c3ccc(OC)cc3)C=Cc3c(ccc(-c4ccccc4)c3C(=O)OCCOCCOCCOCCO)C2)cc1. The number of esters is 1. The van der Waals surface area contributed by atoms with Gasteiger partial charge in [0.25, 0.3) is 0 Å². The second-order valence-electron chi connectivity index (χ2n) is 11.1. The Labute approximate surface area is 276 Å². The summed E-state index contributed by atoms with van der Waals surface area (Å²) in [5.74, 6) is 1.18. The van der Waals surface area contributed by atoms with Crippen LogP contribution in [0, 0.1) is 0 Å². The van der Waals surface area contributed by atoms with Crippen LogP contribution in [-0.2, 0) is 30.8 Å². The molecule has 0 aromatic heterocycles. The van der Waals surface area contributed by atoms with Crippen LogP contribution < -0.4 is 9.47 Å². The van der Waals surface area contributed by atoms with Crippen molar-refractivity contribution in [3.05, 3.63) is 125 Å². The van der Waals surface area contributed by atoms with E-state index in [1.807, 2.05) is 60.7 Å². The third-order valence-corrected chi connectivity index (χ3v) is 8.28. The summed E-state index contributed by atoms with van der Waals surface area (Å²) in [5, 5.41) is 8.74. The lowest BCUT2D eigenvalue weighted by Crippen LogP contribution is -2.31. The van der Waals surface area contributed by atoms with E-state index in [0.29, 0.717) is 45.0 Å². The zero-order valence-electron chi connectivity index (χ0n) is 27.0. The van der Waals surface area contributed by atoms with Gasteiger partial charge < -0.3 is 33.5 Å². The topological polar surface area (TPSA) is 92.7 Å². The summed E-state index contributed by atoms with van der Waals surface area (Å²) in [6.45, 7) is 2.26. The van der Waals surface area contributed by atoms with Crippen LogP contribution in [0.4, 0.5) is 0 Å². The van der Waals surface area contributed by atoms with Crippen molar-refractivity contribution in [2.45, 2.75) is 11.8 Å². The van der Waals surface area contributed by atoms with Crippen LogP contribution in [0.25, 0.3) is 17.2 Å². The Bertz CT molecular complexity index is 1550. The van der Waals surface area contributed by atoms with Crippen LogP contribution in [0.3, 0.4) is 0 Å². The van der Waals surface area contributed by atoms with Crippen LogP contribution in [0.1, 0.15) is 32.6 Å². The molecule has 0 heterocycles. The predicted octanol–water partition coefficient (Wildman–Crippen LogP) is 6.13. The maximum Gasteiger partial charge on any atom is 0.339 e. The first-order chi connectivity index (χ1) is 23.1. The number of carbonyl (C=O) groups is 1. The van der Waals surface area contributed by atoms with E-state index in [0.717, 1.165) is 44.9 Å². The van der Waals surface area contributed by atoms with E-state index >= 15 is 0 Å². The van der Waals surface area contributed by atoms with Crippen molar-refractivity contribution >= 4 is 12.0 Å². The average molecular weight is 639 g/mol. The monoisotopic (exact) mass is 638 g/mol. The molecular formula is C39H42O8. The molecule has 0 saturated heterocycles. The van der Waals surface area contributed by atoms with Gasteiger partial charge in [0.2, 0.25) is 0 Å². The molecule has 0 radical (unpaired) electrons. The third kappa shape index (κ3) is 8.28. The zero-order valence-corrected chi connectivity index (χ0v) is 27.0. The van der Waals surface area contributed by atoms with Gasteiger partial charge in [-0.25, -0.2) is 4.79 Å². The highest BCUT2D eigenvalue weighted by Gasteiger charge is 2.36. The fraction of sp³-hybridized carbons (Fsp3) is 0.308. The summed E-state index contributed by atoms with van der Waals surface area (Å²) in [6, 6.07) is 30.4. The van der Waals surface area contributed by atoms with Gasteiger partial charge in [-0.05, 0) is 64.1 Å². The lowest BCUT2D eigenvalue weighted by molar-refractivity contribution is -0.00312. The van der Waals surface area contributed by atoms with E-state index in [2.05, 4.69) is 42.5 Å². The molecule has 5 rings (SSSR count). The Kier molecular flexibility index (Phi) is 12.2. The number of hydrogen-bond donors (Lipinski definition) is 1. The Morgan fingerprint density at radius 1 is 0.681 bits per heavy atom. The number of fused-ring (bicyclic) bond motifs is 1. The van der Waals surface area contributed by atoms with Crippen molar-refractivity contribution < 1.29 is 38.3 Å². The number of aliphatic hydroxyl groups is 1. The summed E-state index contributed by atoms with van der Waals surface area (Å²) in [5.41, 5.74) is 5.93. The first-order valence-electron chi connectivity index (χ1n) is 15.8. The van der Waals surface area contributed by atoms with Gasteiger partial charge in [0, 0.05) is 5.41 Å². The van der Waals surface area contributed by atoms with Crippen LogP contribution in [0.2, 0.25) is 0 Å². The normalized spacial score (nSPS) is 13.2. The summed E-state index contributed by atoms with van der Waals surface area (Å²) in [4.78, 5) is 13.8. The van der Waals surface area contributed by atoms with Crippen LogP contribution >= 0.6 is 0 Å². The molecule has 0 bridgehead atoms. The summed E-state index contributed by atoms with van der Waals surface area (Å²) in [6.07, 6.45) is 4.90. The average Bonchev–Trinajstić information content (AvgIpc) is 3.13. The maximum atomic E-state index is 13.8. The van der Waals surface area contributed by atoms with Crippen LogP contribution in [-0.4, -0.2) is 78.2 Å². The minimum absolute atomic E-state index is 0.00901. The quantitative estimate of drug-likeness (QED) is 0.109. The van der Waals surface area contributed by atoms with Gasteiger partial charge in [-0.15, -0.1) is 0 Å². The zero-order chi connectivity index (χ0) is 32.9. The Morgan fingerprint density at radius 2 is 1.23 bits per heavy atom. The van der Waals surface area contributed by atoms with E-state index in [-0.39, 0.29) is 19.8 Å². The highest BCUT2D eigenvalue weighted by Crippen LogP contribution is 2.44. The maximum absolute atomic E-state index is 13.8. The van der Waals surface area contributed by atoms with Gasteiger partial charge in [-0.3, -0.25) is 0 Å². The van der Waals surface area contributed by atoms with E-state index in [1.165, 1.54) is 0 Å². The number of allylic oxidation sites excluding steroid dienone is 1. The standard InChI is InChI=1S/C39H42O8/c1-42-33-13-9-31(10-14-33)39(32-11-15-34(43-2)16-12-32)19-18-36-30(28-39)8-17-35(29-6-4-3-5-7-29)37(36)38(41)47-27-26-46-25-24-45-23-22-44-21-20-40/h3-19,40H,20-28H2,1-2H3. The Morgan fingerprint density at radius 3 is 1.79 bits per heavy atom. The summed E-state index contributed by atoms with van der Waals surface area (Å²) in [7, 11) is 3.33. The van der Waals surface area contributed by atoms with E-state index in [4.69, 9.17) is 33.5 Å². The minimum Gasteiger partial charge on any atom is -0.497 e. The van der Waals surface area contributed by atoms with Crippen molar-refractivity contribution in [2.24, 2.45) is 0 Å². The highest BCUT2D eigenvalue weighted by molar-refractivity contribution is 6.02. The number of methoxy groups -OCH3 is 2. The van der Waals surface area contributed by atoms with Crippen molar-refractivity contribution in [3.8, 4) is 22.6 Å². The van der Waals surface area contributed by atoms with Gasteiger partial charge in [-0.2, -0.15) is 0 Å². The molecule has 0 amide bonds. The second-order valence-corrected chi connectivity index (χ2v) is 11.1. The molecule has 0 spiro atoms. The summed E-state index contributed by atoms with van der Waals surface area (Å²) >= 11 is 0. The molecule has 1 aliphatic carbocycles. The molecule has 246 valence electrons. The Balaban J connectivity index is 1.39. The fourth-order valence-corrected chi connectivity index (χ4v) is 5.88. The highest BCUT2D eigenvalue weighted by atomic mass is 16.6. The lowest BCUT2D eigenvalue weighted by Gasteiger charge is -2.36. The molecule has 4 aromatic carbocycles. The molecule has 4 aromatic rings. The van der Waals surface area contributed by atoms with Crippen molar-refractivity contribution in [1.29, 1.82) is 0 Å². The van der Waals surface area contributed by atoms with Gasteiger partial charge in [0.15, 0.2) is 0 Å². The first-order valence-corrected chi connectivity index (χ1v) is 15.8. The number of rotatable bonds is 17. The predicted molar refractivity (Wildman–Crippen MR) is 181 cm³/mol. The molecule has 47 heavy (non-hydrogen) atoms. The Hall–Kier alpha value is -4.47. The molecule has 1 aliphatic rings. The first kappa shape index (κ1) is 33.9. The third-order valence-electron chi connectivity index (χ3n) is 8.28. The number of ether oxygens (including phenoxy) is 6. The molecule has 0 saturated carbocycles. The van der Waals surface area contributed by atoms with E-state index < -0.39 is 11.4 Å². The molecule has 8 nitrogen and oxygen atoms in total. The molecule has 0 fully saturated rings.